The van der Waals surface area contributed by atoms with Gasteiger partial charge in [0.15, 0.2) is 8.29 Å². The predicted molar refractivity (Wildman–Crippen MR) is 138 cm³/mol. The van der Waals surface area contributed by atoms with Crippen molar-refractivity contribution in [2.24, 2.45) is 0 Å². The SMILES string of the molecule is O=C(O)CCSc1nn(CC(=O)Nc2cc3c(Nc4ccc(F)c(Cl)c4)ncnc3cc2O)c(=S)s1. The minimum absolute atomic E-state index is 0.0203. The molecule has 0 saturated heterocycles. The Morgan fingerprint density at radius 2 is 2.06 bits per heavy atom. The Morgan fingerprint density at radius 1 is 1.25 bits per heavy atom. The number of thioether (sulfide) groups is 1. The highest BCUT2D eigenvalue weighted by molar-refractivity contribution is 8.01. The first-order valence-corrected chi connectivity index (χ1v) is 12.7. The standard InChI is InChI=1S/C21H16ClFN6O4S3/c22-12-5-10(1-2-13(12)23)26-19-11-6-15(16(30)7-14(11)24-9-25-19)27-17(31)8-29-21(34)36-20(28-29)35-4-3-18(32)33/h1-2,5-7,9,30H,3-4,8H2,(H,27,31)(H,32,33)(H,24,25,26). The van der Waals surface area contributed by atoms with Gasteiger partial charge in [0, 0.05) is 22.9 Å². The zero-order chi connectivity index (χ0) is 25.8. The lowest BCUT2D eigenvalue weighted by Crippen LogP contribution is -2.19. The number of rotatable bonds is 9. The summed E-state index contributed by atoms with van der Waals surface area (Å²) in [6.45, 7) is -0.212. The molecule has 0 aliphatic carbocycles. The molecule has 0 bridgehead atoms. The Hall–Kier alpha value is -3.33. The number of nitrogens with zero attached hydrogens (tertiary/aromatic N) is 4. The number of halogens is 2. The smallest absolute Gasteiger partial charge is 0.304 e. The second-order valence-electron chi connectivity index (χ2n) is 7.19. The maximum atomic E-state index is 13.5. The molecule has 0 spiro atoms. The first-order chi connectivity index (χ1) is 17.2. The van der Waals surface area contributed by atoms with Gasteiger partial charge >= 0.3 is 5.97 Å². The lowest BCUT2D eigenvalue weighted by Gasteiger charge is -2.12. The topological polar surface area (TPSA) is 142 Å². The molecule has 2 aromatic heterocycles. The summed E-state index contributed by atoms with van der Waals surface area (Å²) in [6.07, 6.45) is 1.27. The van der Waals surface area contributed by atoms with Crippen molar-refractivity contribution in [2.75, 3.05) is 16.4 Å². The molecule has 10 nitrogen and oxygen atoms in total. The summed E-state index contributed by atoms with van der Waals surface area (Å²) in [4.78, 5) is 31.7. The summed E-state index contributed by atoms with van der Waals surface area (Å²) in [5.41, 5.74) is 0.997. The third-order valence-electron chi connectivity index (χ3n) is 4.63. The van der Waals surface area contributed by atoms with Crippen LogP contribution in [0.3, 0.4) is 0 Å². The van der Waals surface area contributed by atoms with E-state index in [9.17, 15) is 19.1 Å². The molecule has 0 aliphatic heterocycles. The monoisotopic (exact) mass is 566 g/mol. The fraction of sp³-hybridized carbons (Fsp3) is 0.143. The lowest BCUT2D eigenvalue weighted by molar-refractivity contribution is -0.136. The van der Waals surface area contributed by atoms with Crippen LogP contribution in [-0.2, 0) is 16.1 Å². The number of anilines is 3. The number of fused-ring (bicyclic) bond motifs is 1. The normalized spacial score (nSPS) is 10.9. The summed E-state index contributed by atoms with van der Waals surface area (Å²) >= 11 is 13.5. The number of hydrogen-bond donors (Lipinski definition) is 4. The Bertz CT molecular complexity index is 1530. The highest BCUT2D eigenvalue weighted by Crippen LogP contribution is 2.33. The zero-order valence-electron chi connectivity index (χ0n) is 18.1. The van der Waals surface area contributed by atoms with E-state index in [2.05, 4.69) is 25.7 Å². The van der Waals surface area contributed by atoms with Crippen LogP contribution in [0, 0.1) is 9.77 Å². The van der Waals surface area contributed by atoms with E-state index < -0.39 is 17.7 Å². The third-order valence-corrected chi connectivity index (χ3v) is 7.36. The van der Waals surface area contributed by atoms with Crippen LogP contribution in [0.5, 0.6) is 5.75 Å². The number of aliphatic carboxylic acids is 1. The molecular formula is C21H16ClFN6O4S3. The number of amides is 1. The van der Waals surface area contributed by atoms with Crippen LogP contribution in [0.4, 0.5) is 21.6 Å². The summed E-state index contributed by atoms with van der Waals surface area (Å²) in [5, 5.41) is 29.5. The van der Waals surface area contributed by atoms with Gasteiger partial charge < -0.3 is 20.8 Å². The number of benzene rings is 2. The average Bonchev–Trinajstić information content (AvgIpc) is 3.15. The van der Waals surface area contributed by atoms with Crippen molar-refractivity contribution in [3.05, 3.63) is 51.5 Å². The molecule has 15 heteroatoms. The van der Waals surface area contributed by atoms with Crippen LogP contribution in [0.25, 0.3) is 10.9 Å². The number of nitrogens with one attached hydrogen (secondary N) is 2. The summed E-state index contributed by atoms with van der Waals surface area (Å²) < 4.78 is 15.7. The first-order valence-electron chi connectivity index (χ1n) is 10.1. The quantitative estimate of drug-likeness (QED) is 0.123. The molecule has 4 rings (SSSR count). The van der Waals surface area contributed by atoms with Crippen LogP contribution in [-0.4, -0.2) is 47.6 Å². The number of carbonyl (C=O) groups excluding carboxylic acids is 1. The van der Waals surface area contributed by atoms with Crippen molar-refractivity contribution >= 4 is 86.9 Å². The van der Waals surface area contributed by atoms with Crippen molar-refractivity contribution in [3.8, 4) is 5.75 Å². The van der Waals surface area contributed by atoms with Gasteiger partial charge in [-0.2, -0.15) is 5.10 Å². The van der Waals surface area contributed by atoms with Gasteiger partial charge in [-0.15, -0.1) is 0 Å². The molecule has 1 amide bonds. The van der Waals surface area contributed by atoms with Gasteiger partial charge in [-0.25, -0.2) is 19.0 Å². The Morgan fingerprint density at radius 3 is 2.81 bits per heavy atom. The van der Waals surface area contributed by atoms with Crippen LogP contribution in [0.2, 0.25) is 5.02 Å². The molecule has 4 aromatic rings. The van der Waals surface area contributed by atoms with E-state index in [0.29, 0.717) is 36.5 Å². The molecule has 0 atom stereocenters. The molecule has 2 aromatic carbocycles. The molecule has 4 N–H and O–H groups in total. The number of phenolic OH excluding ortho intramolecular Hbond substituents is 1. The number of carboxylic acid groups (broad SMARTS) is 1. The van der Waals surface area contributed by atoms with Crippen LogP contribution >= 0.6 is 46.9 Å². The molecule has 0 aliphatic rings. The number of aromatic hydroxyl groups is 1. The van der Waals surface area contributed by atoms with Crippen molar-refractivity contribution in [2.45, 2.75) is 17.3 Å². The fourth-order valence-corrected chi connectivity index (χ4v) is 5.51. The Balaban J connectivity index is 1.52. The largest absolute Gasteiger partial charge is 0.506 e. The Kier molecular flexibility index (Phi) is 7.98. The molecule has 0 saturated carbocycles. The first kappa shape index (κ1) is 25.8. The highest BCUT2D eigenvalue weighted by Gasteiger charge is 2.15. The van der Waals surface area contributed by atoms with Crippen LogP contribution in [0.1, 0.15) is 6.42 Å². The van der Waals surface area contributed by atoms with Crippen LogP contribution in [0.15, 0.2) is 41.0 Å². The van der Waals surface area contributed by atoms with E-state index in [-0.39, 0.29) is 29.4 Å². The van der Waals surface area contributed by atoms with Gasteiger partial charge in [0.1, 0.15) is 30.3 Å². The van der Waals surface area contributed by atoms with Crippen LogP contribution < -0.4 is 10.6 Å². The van der Waals surface area contributed by atoms with Gasteiger partial charge in [0.2, 0.25) is 5.91 Å². The van der Waals surface area contributed by atoms with Gasteiger partial charge in [-0.1, -0.05) is 34.7 Å². The molecular weight excluding hydrogens is 551 g/mol. The van der Waals surface area contributed by atoms with Crippen molar-refractivity contribution in [1.82, 2.24) is 19.7 Å². The predicted octanol–water partition coefficient (Wildman–Crippen LogP) is 5.06. The van der Waals surface area contributed by atoms with E-state index in [1.54, 1.807) is 0 Å². The van der Waals surface area contributed by atoms with Crippen molar-refractivity contribution < 1.29 is 24.2 Å². The van der Waals surface area contributed by atoms with E-state index >= 15 is 0 Å². The number of hydrogen-bond acceptors (Lipinski definition) is 10. The number of phenols is 1. The van der Waals surface area contributed by atoms with E-state index in [1.807, 2.05) is 0 Å². The average molecular weight is 567 g/mol. The molecule has 186 valence electrons. The minimum Gasteiger partial charge on any atom is -0.506 e. The lowest BCUT2D eigenvalue weighted by atomic mass is 10.2. The minimum atomic E-state index is -0.912. The maximum Gasteiger partial charge on any atom is 0.304 e. The number of carbonyl (C=O) groups is 2. The molecule has 0 unspecified atom stereocenters. The van der Waals surface area contributed by atoms with Gasteiger partial charge in [-0.3, -0.25) is 9.59 Å². The van der Waals surface area contributed by atoms with Gasteiger partial charge in [0.25, 0.3) is 0 Å². The Labute approximate surface area is 221 Å². The molecule has 0 radical (unpaired) electrons. The van der Waals surface area contributed by atoms with Crippen molar-refractivity contribution in [3.63, 3.8) is 0 Å². The van der Waals surface area contributed by atoms with E-state index in [1.165, 1.54) is 64.4 Å². The molecule has 2 heterocycles. The van der Waals surface area contributed by atoms with Gasteiger partial charge in [-0.05, 0) is 36.5 Å². The second kappa shape index (κ2) is 11.2. The number of aromatic nitrogens is 4. The fourth-order valence-electron chi connectivity index (χ4n) is 3.00. The summed E-state index contributed by atoms with van der Waals surface area (Å²) in [5.74, 6) is -1.50. The molecule has 0 fully saturated rings. The third kappa shape index (κ3) is 6.26. The molecule has 36 heavy (non-hydrogen) atoms. The van der Waals surface area contributed by atoms with Crippen molar-refractivity contribution in [1.29, 1.82) is 0 Å². The summed E-state index contributed by atoms with van der Waals surface area (Å²) in [7, 11) is 0. The number of carboxylic acids is 1. The maximum absolute atomic E-state index is 13.5. The van der Waals surface area contributed by atoms with Gasteiger partial charge in [0.05, 0.1) is 22.6 Å². The van der Waals surface area contributed by atoms with E-state index in [4.69, 9.17) is 28.9 Å². The zero-order valence-corrected chi connectivity index (χ0v) is 21.3. The highest BCUT2D eigenvalue weighted by atomic mass is 35.5. The second-order valence-corrected chi connectivity index (χ2v) is 10.6. The van der Waals surface area contributed by atoms with E-state index in [0.717, 1.165) is 0 Å². The summed E-state index contributed by atoms with van der Waals surface area (Å²) in [6, 6.07) is 6.99.